The third-order valence-corrected chi connectivity index (χ3v) is 3.34. The molecule has 7 nitrogen and oxygen atoms in total. The maximum atomic E-state index is 12.6. The van der Waals surface area contributed by atoms with E-state index in [1.165, 1.54) is 19.1 Å². The first-order chi connectivity index (χ1) is 10.1. The molecule has 1 heterocycles. The number of carbonyl (C=O) groups is 2. The molecule has 1 fully saturated rings. The number of morpholine rings is 1. The van der Waals surface area contributed by atoms with E-state index in [0.717, 1.165) is 0 Å². The zero-order valence-corrected chi connectivity index (χ0v) is 12.0. The summed E-state index contributed by atoms with van der Waals surface area (Å²) in [5.74, 6) is -0.360. The molecule has 0 bridgehead atoms. The van der Waals surface area contributed by atoms with Gasteiger partial charge in [0, 0.05) is 12.1 Å². The van der Waals surface area contributed by atoms with Gasteiger partial charge in [-0.3, -0.25) is 4.79 Å². The average Bonchev–Trinajstić information content (AvgIpc) is 2.54. The van der Waals surface area contributed by atoms with Crippen LogP contribution in [0.1, 0.15) is 10.4 Å². The predicted octanol–water partition coefficient (Wildman–Crippen LogP) is 0.291. The van der Waals surface area contributed by atoms with Crippen molar-refractivity contribution in [2.75, 3.05) is 39.7 Å². The molecule has 0 spiro atoms. The minimum Gasteiger partial charge on any atom is -0.495 e. The minimum atomic E-state index is -0.736. The molecule has 0 aromatic heterocycles. The summed E-state index contributed by atoms with van der Waals surface area (Å²) in [6, 6.07) is 4.02. The lowest BCUT2D eigenvalue weighted by Gasteiger charge is -2.33. The molecule has 21 heavy (non-hydrogen) atoms. The number of nitrogens with zero attached hydrogens (tertiary/aromatic N) is 1. The molecule has 1 aliphatic heterocycles. The average molecular weight is 294 g/mol. The maximum Gasteiger partial charge on any atom is 0.331 e. The van der Waals surface area contributed by atoms with Gasteiger partial charge < -0.3 is 24.8 Å². The molecule has 0 aliphatic carbocycles. The molecule has 1 atom stereocenters. The van der Waals surface area contributed by atoms with E-state index in [9.17, 15) is 9.59 Å². The first-order valence-electron chi connectivity index (χ1n) is 6.48. The standard InChI is InChI=1S/C14H18N2O5/c1-19-12-7-9(3-4-10(12)15)13(17)16-5-6-21-8-11(16)14(18)20-2/h3-4,7,11H,5-6,8,15H2,1-2H3. The highest BCUT2D eigenvalue weighted by molar-refractivity contribution is 5.97. The van der Waals surface area contributed by atoms with E-state index in [-0.39, 0.29) is 12.5 Å². The minimum absolute atomic E-state index is 0.129. The van der Waals surface area contributed by atoms with Gasteiger partial charge in [0.1, 0.15) is 5.75 Å². The van der Waals surface area contributed by atoms with E-state index in [1.54, 1.807) is 18.2 Å². The lowest BCUT2D eigenvalue weighted by atomic mass is 10.1. The Kier molecular flexibility index (Phi) is 4.64. The summed E-state index contributed by atoms with van der Waals surface area (Å²) in [7, 11) is 2.76. The fraction of sp³-hybridized carbons (Fsp3) is 0.429. The zero-order chi connectivity index (χ0) is 15.4. The van der Waals surface area contributed by atoms with Crippen LogP contribution in [0.3, 0.4) is 0 Å². The Morgan fingerprint density at radius 3 is 2.81 bits per heavy atom. The van der Waals surface area contributed by atoms with E-state index in [0.29, 0.717) is 30.2 Å². The summed E-state index contributed by atoms with van der Waals surface area (Å²) < 4.78 is 15.1. The van der Waals surface area contributed by atoms with Crippen molar-refractivity contribution in [3.63, 3.8) is 0 Å². The van der Waals surface area contributed by atoms with Crippen LogP contribution in [0.15, 0.2) is 18.2 Å². The second-order valence-electron chi connectivity index (χ2n) is 4.57. The second kappa shape index (κ2) is 6.45. The number of rotatable bonds is 3. The Balaban J connectivity index is 2.26. The normalized spacial score (nSPS) is 18.2. The van der Waals surface area contributed by atoms with Gasteiger partial charge in [0.05, 0.1) is 33.1 Å². The molecule has 0 saturated carbocycles. The van der Waals surface area contributed by atoms with Gasteiger partial charge >= 0.3 is 5.97 Å². The van der Waals surface area contributed by atoms with E-state index in [1.807, 2.05) is 0 Å². The Labute approximate surface area is 122 Å². The summed E-state index contributed by atoms with van der Waals surface area (Å²) in [6.45, 7) is 0.834. The third-order valence-electron chi connectivity index (χ3n) is 3.34. The van der Waals surface area contributed by atoms with E-state index < -0.39 is 12.0 Å². The Bertz CT molecular complexity index is 546. The molecule has 2 N–H and O–H groups in total. The van der Waals surface area contributed by atoms with E-state index >= 15 is 0 Å². The summed E-state index contributed by atoms with van der Waals surface area (Å²) in [5, 5.41) is 0. The van der Waals surface area contributed by atoms with Crippen molar-refractivity contribution in [3.8, 4) is 5.75 Å². The van der Waals surface area contributed by atoms with Crippen molar-refractivity contribution in [1.29, 1.82) is 0 Å². The monoisotopic (exact) mass is 294 g/mol. The number of hydrogen-bond acceptors (Lipinski definition) is 6. The number of hydrogen-bond donors (Lipinski definition) is 1. The molecule has 1 aromatic rings. The number of nitrogens with two attached hydrogens (primary N) is 1. The van der Waals surface area contributed by atoms with Gasteiger partial charge in [-0.2, -0.15) is 0 Å². The number of anilines is 1. The van der Waals surface area contributed by atoms with Crippen molar-refractivity contribution >= 4 is 17.6 Å². The zero-order valence-electron chi connectivity index (χ0n) is 12.0. The van der Waals surface area contributed by atoms with Crippen molar-refractivity contribution in [2.24, 2.45) is 0 Å². The first-order valence-corrected chi connectivity index (χ1v) is 6.48. The van der Waals surface area contributed by atoms with Gasteiger partial charge in [-0.25, -0.2) is 4.79 Å². The first kappa shape index (κ1) is 15.1. The Morgan fingerprint density at radius 1 is 1.38 bits per heavy atom. The molecule has 7 heteroatoms. The topological polar surface area (TPSA) is 91.1 Å². The molecule has 0 radical (unpaired) electrons. The van der Waals surface area contributed by atoms with Crippen LogP contribution in [-0.2, 0) is 14.3 Å². The number of methoxy groups -OCH3 is 2. The molecular weight excluding hydrogens is 276 g/mol. The molecule has 1 aromatic carbocycles. The van der Waals surface area contributed by atoms with Gasteiger partial charge in [0.2, 0.25) is 0 Å². The highest BCUT2D eigenvalue weighted by Gasteiger charge is 2.34. The molecule has 114 valence electrons. The van der Waals surface area contributed by atoms with Gasteiger partial charge in [-0.1, -0.05) is 0 Å². The number of ether oxygens (including phenoxy) is 3. The van der Waals surface area contributed by atoms with Crippen LogP contribution in [0.25, 0.3) is 0 Å². The van der Waals surface area contributed by atoms with Crippen LogP contribution in [0.2, 0.25) is 0 Å². The van der Waals surface area contributed by atoms with Crippen molar-refractivity contribution in [1.82, 2.24) is 4.90 Å². The molecular formula is C14H18N2O5. The molecule has 2 rings (SSSR count). The molecule has 1 unspecified atom stereocenters. The molecule has 1 amide bonds. The third kappa shape index (κ3) is 3.08. The van der Waals surface area contributed by atoms with Crippen LogP contribution >= 0.6 is 0 Å². The number of benzene rings is 1. The van der Waals surface area contributed by atoms with Crippen LogP contribution < -0.4 is 10.5 Å². The largest absolute Gasteiger partial charge is 0.495 e. The number of nitrogen functional groups attached to an aromatic ring is 1. The fourth-order valence-corrected chi connectivity index (χ4v) is 2.19. The maximum absolute atomic E-state index is 12.6. The number of amides is 1. The summed E-state index contributed by atoms with van der Waals surface area (Å²) in [6.07, 6.45) is 0. The van der Waals surface area contributed by atoms with Crippen LogP contribution in [-0.4, -0.2) is 56.8 Å². The summed E-state index contributed by atoms with van der Waals surface area (Å²) in [5.41, 5.74) is 6.58. The Hall–Kier alpha value is -2.28. The SMILES string of the molecule is COC(=O)C1COCCN1C(=O)c1ccc(N)c(OC)c1. The van der Waals surface area contributed by atoms with E-state index in [2.05, 4.69) is 0 Å². The fourth-order valence-electron chi connectivity index (χ4n) is 2.19. The van der Waals surface area contributed by atoms with E-state index in [4.69, 9.17) is 19.9 Å². The second-order valence-corrected chi connectivity index (χ2v) is 4.57. The lowest BCUT2D eigenvalue weighted by molar-refractivity contribution is -0.151. The van der Waals surface area contributed by atoms with Crippen molar-refractivity contribution in [3.05, 3.63) is 23.8 Å². The highest BCUT2D eigenvalue weighted by Crippen LogP contribution is 2.24. The van der Waals surface area contributed by atoms with Gasteiger partial charge in [0.15, 0.2) is 6.04 Å². The molecule has 1 saturated heterocycles. The summed E-state index contributed by atoms with van der Waals surface area (Å²) in [4.78, 5) is 25.8. The van der Waals surface area contributed by atoms with Crippen LogP contribution in [0.4, 0.5) is 5.69 Å². The van der Waals surface area contributed by atoms with Gasteiger partial charge in [0.25, 0.3) is 5.91 Å². The highest BCUT2D eigenvalue weighted by atomic mass is 16.5. The Morgan fingerprint density at radius 2 is 2.14 bits per heavy atom. The number of carbonyl (C=O) groups excluding carboxylic acids is 2. The predicted molar refractivity (Wildman–Crippen MR) is 75.1 cm³/mol. The quantitative estimate of drug-likeness (QED) is 0.636. The summed E-state index contributed by atoms with van der Waals surface area (Å²) >= 11 is 0. The number of esters is 1. The van der Waals surface area contributed by atoms with Crippen LogP contribution in [0.5, 0.6) is 5.75 Å². The van der Waals surface area contributed by atoms with Gasteiger partial charge in [-0.05, 0) is 18.2 Å². The lowest BCUT2D eigenvalue weighted by Crippen LogP contribution is -2.53. The smallest absolute Gasteiger partial charge is 0.331 e. The van der Waals surface area contributed by atoms with Crippen LogP contribution in [0, 0.1) is 0 Å². The van der Waals surface area contributed by atoms with Crippen molar-refractivity contribution in [2.45, 2.75) is 6.04 Å². The molecule has 1 aliphatic rings. The van der Waals surface area contributed by atoms with Crippen molar-refractivity contribution < 1.29 is 23.8 Å². The van der Waals surface area contributed by atoms with Gasteiger partial charge in [-0.15, -0.1) is 0 Å².